The highest BCUT2D eigenvalue weighted by molar-refractivity contribution is 5.85. The van der Waals surface area contributed by atoms with Gasteiger partial charge in [-0.25, -0.2) is 4.98 Å². The molecule has 1 fully saturated rings. The quantitative estimate of drug-likeness (QED) is 0.882. The van der Waals surface area contributed by atoms with Crippen LogP contribution in [0.15, 0.2) is 30.6 Å². The second-order valence-corrected chi connectivity index (χ2v) is 5.74. The van der Waals surface area contributed by atoms with Gasteiger partial charge in [0.15, 0.2) is 0 Å². The topological polar surface area (TPSA) is 58.9 Å². The lowest BCUT2D eigenvalue weighted by Gasteiger charge is -2.30. The predicted molar refractivity (Wildman–Crippen MR) is 97.5 cm³/mol. The van der Waals surface area contributed by atoms with Crippen molar-refractivity contribution in [2.45, 2.75) is 44.8 Å². The van der Waals surface area contributed by atoms with Gasteiger partial charge in [0.25, 0.3) is 0 Å². The Morgan fingerprint density at radius 3 is 2.96 bits per heavy atom. The molecule has 2 unspecified atom stereocenters. The van der Waals surface area contributed by atoms with Gasteiger partial charge in [-0.15, -0.1) is 24.8 Å². The number of aryl methyl sites for hydroxylation is 1. The zero-order valence-electron chi connectivity index (χ0n) is 13.2. The van der Waals surface area contributed by atoms with E-state index in [4.69, 9.17) is 0 Å². The number of piperidine rings is 1. The predicted octanol–water partition coefficient (Wildman–Crippen LogP) is 2.53. The van der Waals surface area contributed by atoms with Crippen LogP contribution in [0.25, 0.3) is 11.0 Å². The number of amides is 1. The number of rotatable bonds is 4. The fourth-order valence-electron chi connectivity index (χ4n) is 2.93. The standard InChI is InChI=1S/C16H22N4O.2ClH/c1-12-13(6-4-9-17-12)19-16(21)8-10-20-11-18-14-5-2-3-7-15(14)20;;/h2-3,5,7,11-13,17H,4,6,8-10H2,1H3,(H,19,21);2*1H. The van der Waals surface area contributed by atoms with Crippen LogP contribution in [0.4, 0.5) is 0 Å². The SMILES string of the molecule is CC1NCCCC1NC(=O)CCn1cnc2ccccc21.Cl.Cl. The molecule has 0 spiro atoms. The largest absolute Gasteiger partial charge is 0.352 e. The Bertz CT molecular complexity index is 631. The molecule has 2 heterocycles. The van der Waals surface area contributed by atoms with Crippen molar-refractivity contribution < 1.29 is 4.79 Å². The first-order chi connectivity index (χ1) is 10.2. The van der Waals surface area contributed by atoms with E-state index in [1.54, 1.807) is 0 Å². The highest BCUT2D eigenvalue weighted by atomic mass is 35.5. The van der Waals surface area contributed by atoms with Gasteiger partial charge in [-0.2, -0.15) is 0 Å². The van der Waals surface area contributed by atoms with Crippen LogP contribution < -0.4 is 10.6 Å². The van der Waals surface area contributed by atoms with E-state index in [-0.39, 0.29) is 36.8 Å². The van der Waals surface area contributed by atoms with Crippen LogP contribution in [0.3, 0.4) is 0 Å². The van der Waals surface area contributed by atoms with Crippen LogP contribution in [-0.4, -0.2) is 34.1 Å². The van der Waals surface area contributed by atoms with Crippen LogP contribution in [-0.2, 0) is 11.3 Å². The van der Waals surface area contributed by atoms with Gasteiger partial charge in [0.05, 0.1) is 17.4 Å². The van der Waals surface area contributed by atoms with E-state index >= 15 is 0 Å². The summed E-state index contributed by atoms with van der Waals surface area (Å²) < 4.78 is 2.04. The summed E-state index contributed by atoms with van der Waals surface area (Å²) in [7, 11) is 0. The van der Waals surface area contributed by atoms with E-state index in [9.17, 15) is 4.79 Å². The molecule has 128 valence electrons. The van der Waals surface area contributed by atoms with Gasteiger partial charge in [0, 0.05) is 25.0 Å². The number of fused-ring (bicyclic) bond motifs is 1. The van der Waals surface area contributed by atoms with E-state index in [1.807, 2.05) is 35.2 Å². The summed E-state index contributed by atoms with van der Waals surface area (Å²) in [6, 6.07) is 8.61. The second-order valence-electron chi connectivity index (χ2n) is 5.74. The first kappa shape index (κ1) is 19.7. The third-order valence-electron chi connectivity index (χ3n) is 4.22. The molecule has 0 radical (unpaired) electrons. The molecule has 5 nitrogen and oxygen atoms in total. The highest BCUT2D eigenvalue weighted by Crippen LogP contribution is 2.12. The number of nitrogens with zero attached hydrogens (tertiary/aromatic N) is 2. The molecule has 2 atom stereocenters. The summed E-state index contributed by atoms with van der Waals surface area (Å²) in [5, 5.41) is 6.55. The minimum absolute atomic E-state index is 0. The normalized spacial score (nSPS) is 20.4. The summed E-state index contributed by atoms with van der Waals surface area (Å²) in [6.45, 7) is 3.85. The molecule has 1 aliphatic rings. The number of benzene rings is 1. The molecule has 1 saturated heterocycles. The van der Waals surface area contributed by atoms with Gasteiger partial charge >= 0.3 is 0 Å². The number of nitrogens with one attached hydrogen (secondary N) is 2. The van der Waals surface area contributed by atoms with Gasteiger partial charge in [0.1, 0.15) is 0 Å². The first-order valence-electron chi connectivity index (χ1n) is 7.66. The molecule has 7 heteroatoms. The minimum atomic E-state index is 0. The molecular weight excluding hydrogens is 335 g/mol. The Morgan fingerprint density at radius 1 is 1.39 bits per heavy atom. The summed E-state index contributed by atoms with van der Waals surface area (Å²) in [4.78, 5) is 16.5. The zero-order chi connectivity index (χ0) is 14.7. The van der Waals surface area contributed by atoms with Crippen molar-refractivity contribution in [3.8, 4) is 0 Å². The maximum Gasteiger partial charge on any atom is 0.222 e. The van der Waals surface area contributed by atoms with Gasteiger partial charge in [-0.1, -0.05) is 12.1 Å². The number of hydrogen-bond donors (Lipinski definition) is 2. The van der Waals surface area contributed by atoms with Crippen LogP contribution in [0.2, 0.25) is 0 Å². The smallest absolute Gasteiger partial charge is 0.222 e. The number of carbonyl (C=O) groups excluding carboxylic acids is 1. The Kier molecular flexibility index (Phi) is 7.82. The first-order valence-corrected chi connectivity index (χ1v) is 7.66. The molecule has 1 aromatic carbocycles. The Hall–Kier alpha value is -1.30. The molecule has 1 aromatic heterocycles. The lowest BCUT2D eigenvalue weighted by atomic mass is 10.00. The molecule has 0 bridgehead atoms. The van der Waals surface area contributed by atoms with Gasteiger partial charge in [0.2, 0.25) is 5.91 Å². The fraction of sp³-hybridized carbons (Fsp3) is 0.500. The van der Waals surface area contributed by atoms with Crippen LogP contribution >= 0.6 is 24.8 Å². The number of halogens is 2. The lowest BCUT2D eigenvalue weighted by Crippen LogP contribution is -2.52. The molecule has 0 saturated carbocycles. The van der Waals surface area contributed by atoms with E-state index in [1.165, 1.54) is 0 Å². The number of carbonyl (C=O) groups is 1. The third kappa shape index (κ3) is 4.83. The minimum Gasteiger partial charge on any atom is -0.352 e. The summed E-state index contributed by atoms with van der Waals surface area (Å²) in [6.07, 6.45) is 4.49. The lowest BCUT2D eigenvalue weighted by molar-refractivity contribution is -0.122. The molecule has 3 rings (SSSR count). The highest BCUT2D eigenvalue weighted by Gasteiger charge is 2.22. The Morgan fingerprint density at radius 2 is 2.17 bits per heavy atom. The van der Waals surface area contributed by atoms with E-state index in [2.05, 4.69) is 22.5 Å². The van der Waals surface area contributed by atoms with Gasteiger partial charge in [-0.3, -0.25) is 4.79 Å². The maximum absolute atomic E-state index is 12.1. The Balaban J connectivity index is 0.00000132. The molecular formula is C16H24Cl2N4O. The summed E-state index contributed by atoms with van der Waals surface area (Å²) >= 11 is 0. The maximum atomic E-state index is 12.1. The fourth-order valence-corrected chi connectivity index (χ4v) is 2.93. The van der Waals surface area contributed by atoms with Crippen LogP contribution in [0.1, 0.15) is 26.2 Å². The average Bonchev–Trinajstić information content (AvgIpc) is 2.91. The molecule has 1 amide bonds. The van der Waals surface area contributed by atoms with Crippen molar-refractivity contribution in [2.75, 3.05) is 6.54 Å². The van der Waals surface area contributed by atoms with E-state index < -0.39 is 0 Å². The number of imidazole rings is 1. The van der Waals surface area contributed by atoms with Crippen LogP contribution in [0.5, 0.6) is 0 Å². The van der Waals surface area contributed by atoms with E-state index in [0.717, 1.165) is 30.4 Å². The van der Waals surface area contributed by atoms with Crippen molar-refractivity contribution in [1.82, 2.24) is 20.2 Å². The van der Waals surface area contributed by atoms with Crippen LogP contribution in [0, 0.1) is 0 Å². The number of hydrogen-bond acceptors (Lipinski definition) is 3. The molecule has 2 N–H and O–H groups in total. The van der Waals surface area contributed by atoms with Crippen molar-refractivity contribution in [2.24, 2.45) is 0 Å². The van der Waals surface area contributed by atoms with Crippen molar-refractivity contribution >= 4 is 41.8 Å². The van der Waals surface area contributed by atoms with Crippen molar-refractivity contribution in [1.29, 1.82) is 0 Å². The molecule has 2 aromatic rings. The second kappa shape index (κ2) is 9.11. The Labute approximate surface area is 149 Å². The molecule has 1 aliphatic heterocycles. The number of para-hydroxylation sites is 2. The number of aromatic nitrogens is 2. The molecule has 0 aliphatic carbocycles. The summed E-state index contributed by atoms with van der Waals surface area (Å²) in [5.41, 5.74) is 2.06. The van der Waals surface area contributed by atoms with E-state index in [0.29, 0.717) is 19.0 Å². The average molecular weight is 359 g/mol. The van der Waals surface area contributed by atoms with Gasteiger partial charge in [-0.05, 0) is 38.4 Å². The monoisotopic (exact) mass is 358 g/mol. The summed E-state index contributed by atoms with van der Waals surface area (Å²) in [5.74, 6) is 0.119. The van der Waals surface area contributed by atoms with Crippen molar-refractivity contribution in [3.05, 3.63) is 30.6 Å². The van der Waals surface area contributed by atoms with Crippen molar-refractivity contribution in [3.63, 3.8) is 0 Å². The molecule has 23 heavy (non-hydrogen) atoms. The third-order valence-corrected chi connectivity index (χ3v) is 4.22. The zero-order valence-corrected chi connectivity index (χ0v) is 14.8. The van der Waals surface area contributed by atoms with Gasteiger partial charge < -0.3 is 15.2 Å².